The van der Waals surface area contributed by atoms with Crippen molar-refractivity contribution < 1.29 is 4.84 Å². The lowest BCUT2D eigenvalue weighted by atomic mass is 10.2. The fourth-order valence-electron chi connectivity index (χ4n) is 1.29. The number of benzene rings is 1. The second kappa shape index (κ2) is 3.29. The van der Waals surface area contributed by atoms with Crippen molar-refractivity contribution in [1.29, 1.82) is 0 Å². The van der Waals surface area contributed by atoms with Crippen LogP contribution in [0.25, 0.3) is 11.0 Å². The maximum absolute atomic E-state index is 5.45. The molecule has 4 heteroatoms. The van der Waals surface area contributed by atoms with E-state index in [-0.39, 0.29) is 6.10 Å². The first-order chi connectivity index (χ1) is 6.66. The van der Waals surface area contributed by atoms with E-state index in [1.807, 2.05) is 39.0 Å². The zero-order valence-electron chi connectivity index (χ0n) is 8.56. The van der Waals surface area contributed by atoms with Crippen LogP contribution in [0.4, 0.5) is 0 Å². The van der Waals surface area contributed by atoms with Crippen molar-refractivity contribution in [3.05, 3.63) is 23.8 Å². The largest absolute Gasteiger partial charge is 0.392 e. The van der Waals surface area contributed by atoms with Crippen molar-refractivity contribution >= 4 is 11.0 Å². The van der Waals surface area contributed by atoms with E-state index >= 15 is 0 Å². The third kappa shape index (κ3) is 1.55. The van der Waals surface area contributed by atoms with E-state index in [0.29, 0.717) is 0 Å². The van der Waals surface area contributed by atoms with E-state index in [0.717, 1.165) is 11.0 Å². The number of fused-ring (bicyclic) bond motifs is 1. The number of hydrogen-bond donors (Lipinski definition) is 0. The maximum atomic E-state index is 5.45. The lowest BCUT2D eigenvalue weighted by Crippen LogP contribution is -2.20. The summed E-state index contributed by atoms with van der Waals surface area (Å²) in [7, 11) is 0. The molecule has 2 rings (SSSR count). The molecule has 0 saturated carbocycles. The van der Waals surface area contributed by atoms with Crippen LogP contribution >= 0.6 is 0 Å². The molecule has 1 heterocycles. The third-order valence-electron chi connectivity index (χ3n) is 1.88. The van der Waals surface area contributed by atoms with Crippen molar-refractivity contribution in [3.8, 4) is 0 Å². The van der Waals surface area contributed by atoms with Gasteiger partial charge in [-0.25, -0.2) is 0 Å². The Morgan fingerprint density at radius 1 is 1.36 bits per heavy atom. The fraction of sp³-hybridized carbons (Fsp3) is 0.400. The van der Waals surface area contributed by atoms with Crippen molar-refractivity contribution in [3.63, 3.8) is 0 Å². The number of aromatic nitrogens is 3. The molecule has 0 radical (unpaired) electrons. The van der Waals surface area contributed by atoms with E-state index in [4.69, 9.17) is 4.84 Å². The van der Waals surface area contributed by atoms with Crippen molar-refractivity contribution in [1.82, 2.24) is 15.2 Å². The van der Waals surface area contributed by atoms with E-state index in [2.05, 4.69) is 10.3 Å². The minimum absolute atomic E-state index is 0.0983. The van der Waals surface area contributed by atoms with Gasteiger partial charge in [-0.2, -0.15) is 0 Å². The van der Waals surface area contributed by atoms with Gasteiger partial charge in [0.15, 0.2) is 0 Å². The van der Waals surface area contributed by atoms with E-state index in [1.165, 1.54) is 10.4 Å². The highest BCUT2D eigenvalue weighted by Crippen LogP contribution is 2.11. The number of rotatable bonds is 2. The molecule has 1 aromatic carbocycles. The average molecular weight is 191 g/mol. The van der Waals surface area contributed by atoms with Crippen LogP contribution < -0.4 is 4.84 Å². The van der Waals surface area contributed by atoms with Gasteiger partial charge >= 0.3 is 0 Å². The smallest absolute Gasteiger partial charge is 0.130 e. The van der Waals surface area contributed by atoms with Gasteiger partial charge in [-0.3, -0.25) is 0 Å². The molecule has 0 unspecified atom stereocenters. The van der Waals surface area contributed by atoms with Crippen molar-refractivity contribution in [2.24, 2.45) is 0 Å². The molecule has 0 bridgehead atoms. The first-order valence-electron chi connectivity index (χ1n) is 4.66. The Balaban J connectivity index is 2.47. The van der Waals surface area contributed by atoms with Crippen LogP contribution in [0.3, 0.4) is 0 Å². The first kappa shape index (κ1) is 8.99. The third-order valence-corrected chi connectivity index (χ3v) is 1.88. The van der Waals surface area contributed by atoms with Crippen LogP contribution in [-0.4, -0.2) is 21.3 Å². The van der Waals surface area contributed by atoms with Crippen LogP contribution in [0.1, 0.15) is 19.4 Å². The molecule has 4 nitrogen and oxygen atoms in total. The Morgan fingerprint density at radius 2 is 2.14 bits per heavy atom. The summed E-state index contributed by atoms with van der Waals surface area (Å²) < 4.78 is 0. The zero-order valence-corrected chi connectivity index (χ0v) is 8.56. The summed E-state index contributed by atoms with van der Waals surface area (Å²) in [5.74, 6) is 0. The number of aryl methyl sites for hydroxylation is 1. The van der Waals surface area contributed by atoms with Gasteiger partial charge in [-0.1, -0.05) is 10.9 Å². The Hall–Kier alpha value is -1.58. The highest BCUT2D eigenvalue weighted by Gasteiger charge is 2.05. The molecule has 0 fully saturated rings. The van der Waals surface area contributed by atoms with Crippen molar-refractivity contribution in [2.75, 3.05) is 0 Å². The standard InChI is InChI=1S/C10H13N3O/c1-7(2)14-13-10-5-4-8(3)6-9(10)11-12-13/h4-7H,1-3H3. The highest BCUT2D eigenvalue weighted by molar-refractivity contribution is 5.74. The molecular formula is C10H13N3O. The van der Waals surface area contributed by atoms with E-state index < -0.39 is 0 Å². The molecule has 0 amide bonds. The Morgan fingerprint density at radius 3 is 2.86 bits per heavy atom. The molecule has 1 aromatic heterocycles. The molecule has 2 aromatic rings. The molecule has 0 aliphatic heterocycles. The minimum atomic E-state index is 0.0983. The second-order valence-electron chi connectivity index (χ2n) is 3.61. The average Bonchev–Trinajstić information content (AvgIpc) is 2.47. The molecule has 14 heavy (non-hydrogen) atoms. The van der Waals surface area contributed by atoms with E-state index in [1.54, 1.807) is 0 Å². The van der Waals surface area contributed by atoms with Gasteiger partial charge in [-0.05, 0) is 43.7 Å². The lowest BCUT2D eigenvalue weighted by Gasteiger charge is -2.07. The lowest BCUT2D eigenvalue weighted by molar-refractivity contribution is 0.0408. The predicted octanol–water partition coefficient (Wildman–Crippen LogP) is 1.58. The van der Waals surface area contributed by atoms with Gasteiger partial charge in [0, 0.05) is 0 Å². The minimum Gasteiger partial charge on any atom is -0.392 e. The molecule has 74 valence electrons. The monoisotopic (exact) mass is 191 g/mol. The van der Waals surface area contributed by atoms with Crippen LogP contribution in [0.2, 0.25) is 0 Å². The quantitative estimate of drug-likeness (QED) is 0.723. The summed E-state index contributed by atoms with van der Waals surface area (Å²) in [6, 6.07) is 5.97. The Labute approximate surface area is 82.4 Å². The molecule has 0 saturated heterocycles. The van der Waals surface area contributed by atoms with Gasteiger partial charge in [-0.15, -0.1) is 5.10 Å². The van der Waals surface area contributed by atoms with Gasteiger partial charge in [0.25, 0.3) is 0 Å². The highest BCUT2D eigenvalue weighted by atomic mass is 16.7. The number of nitrogens with zero attached hydrogens (tertiary/aromatic N) is 3. The predicted molar refractivity (Wildman–Crippen MR) is 54.0 cm³/mol. The molecular weight excluding hydrogens is 178 g/mol. The van der Waals surface area contributed by atoms with E-state index in [9.17, 15) is 0 Å². The topological polar surface area (TPSA) is 39.9 Å². The van der Waals surface area contributed by atoms with Crippen LogP contribution in [0, 0.1) is 6.92 Å². The summed E-state index contributed by atoms with van der Waals surface area (Å²) >= 11 is 0. The second-order valence-corrected chi connectivity index (χ2v) is 3.61. The van der Waals surface area contributed by atoms with Crippen LogP contribution in [0.5, 0.6) is 0 Å². The summed E-state index contributed by atoms with van der Waals surface area (Å²) in [4.78, 5) is 6.92. The summed E-state index contributed by atoms with van der Waals surface area (Å²) in [5.41, 5.74) is 2.95. The van der Waals surface area contributed by atoms with Gasteiger partial charge in [0.1, 0.15) is 17.1 Å². The molecule has 0 N–H and O–H groups in total. The first-order valence-corrected chi connectivity index (χ1v) is 4.66. The van der Waals surface area contributed by atoms with Gasteiger partial charge < -0.3 is 4.84 Å². The molecule has 0 aliphatic carbocycles. The summed E-state index contributed by atoms with van der Waals surface area (Å²) in [6.45, 7) is 5.95. The molecule has 0 spiro atoms. The van der Waals surface area contributed by atoms with Gasteiger partial charge in [0.05, 0.1) is 0 Å². The fourth-order valence-corrected chi connectivity index (χ4v) is 1.29. The Bertz CT molecular complexity index is 448. The SMILES string of the molecule is Cc1ccc2c(c1)nnn2OC(C)C. The van der Waals surface area contributed by atoms with Crippen LogP contribution in [-0.2, 0) is 0 Å². The number of hydrogen-bond acceptors (Lipinski definition) is 3. The Kier molecular flexibility index (Phi) is 2.11. The maximum Gasteiger partial charge on any atom is 0.130 e. The molecule has 0 atom stereocenters. The van der Waals surface area contributed by atoms with Gasteiger partial charge in [0.2, 0.25) is 0 Å². The zero-order chi connectivity index (χ0) is 10.1. The van der Waals surface area contributed by atoms with Crippen molar-refractivity contribution in [2.45, 2.75) is 26.9 Å². The van der Waals surface area contributed by atoms with Crippen LogP contribution in [0.15, 0.2) is 18.2 Å². The summed E-state index contributed by atoms with van der Waals surface area (Å²) in [6.07, 6.45) is 0.0983. The normalized spacial score (nSPS) is 11.1. The summed E-state index contributed by atoms with van der Waals surface area (Å²) in [5, 5.41) is 7.94. The molecule has 0 aliphatic rings.